The minimum Gasteiger partial charge on any atom is -0.494 e. The second-order valence-electron chi connectivity index (χ2n) is 10.6. The number of fused-ring (bicyclic) bond motifs is 1. The number of hydrogen-bond acceptors (Lipinski definition) is 6. The van der Waals surface area contributed by atoms with Crippen LogP contribution in [0.3, 0.4) is 0 Å². The largest absolute Gasteiger partial charge is 0.494 e. The Hall–Kier alpha value is -4.63. The van der Waals surface area contributed by atoms with Gasteiger partial charge < -0.3 is 23.8 Å². The van der Waals surface area contributed by atoms with Crippen molar-refractivity contribution in [2.24, 2.45) is 0 Å². The van der Waals surface area contributed by atoms with E-state index >= 15 is 0 Å². The Bertz CT molecular complexity index is 1620. The summed E-state index contributed by atoms with van der Waals surface area (Å²) in [5.74, 6) is 0.262. The molecule has 0 spiro atoms. The summed E-state index contributed by atoms with van der Waals surface area (Å²) in [6, 6.07) is 21.7. The highest BCUT2D eigenvalue weighted by molar-refractivity contribution is 6.30. The maximum Gasteiger partial charge on any atom is 0.374 e. The van der Waals surface area contributed by atoms with Gasteiger partial charge in [-0.05, 0) is 86.8 Å². The van der Waals surface area contributed by atoms with Gasteiger partial charge in [-0.1, -0.05) is 29.8 Å². The quantitative estimate of drug-likeness (QED) is 0.145. The lowest BCUT2D eigenvalue weighted by atomic mass is 9.89. The molecule has 2 amide bonds. The minimum atomic E-state index is -0.447. The van der Waals surface area contributed by atoms with Crippen LogP contribution in [0, 0.1) is 0 Å². The van der Waals surface area contributed by atoms with Crippen molar-refractivity contribution in [2.45, 2.75) is 52.2 Å². The number of esters is 1. The summed E-state index contributed by atoms with van der Waals surface area (Å²) in [6.07, 6.45) is 4.54. The number of nitrogens with zero attached hydrogens (tertiary/aromatic N) is 4. The smallest absolute Gasteiger partial charge is 0.374 e. The standard InChI is InChI=1S/C34H35ClN4O5/c1-4-43-34(42)32-36-18-20-37(32)19-7-21-44-28-16-10-25(11-17-28)33(41)38-23(2)22-31(29-8-5-6-9-30(29)38)39(24(3)40)27-14-12-26(35)13-15-27/h5-6,8-18,20,23,31H,4,7,19,21-22H2,1-3H3. The molecular formula is C34H35ClN4O5. The van der Waals surface area contributed by atoms with Gasteiger partial charge in [-0.2, -0.15) is 0 Å². The third-order valence-electron chi connectivity index (χ3n) is 7.62. The molecule has 4 aromatic rings. The van der Waals surface area contributed by atoms with Crippen molar-refractivity contribution in [1.29, 1.82) is 0 Å². The molecule has 2 atom stereocenters. The maximum atomic E-state index is 13.9. The summed E-state index contributed by atoms with van der Waals surface area (Å²) in [5, 5.41) is 0.599. The van der Waals surface area contributed by atoms with E-state index in [4.69, 9.17) is 21.1 Å². The van der Waals surface area contributed by atoms with Crippen LogP contribution in [0.5, 0.6) is 5.75 Å². The lowest BCUT2D eigenvalue weighted by Crippen LogP contribution is -2.47. The van der Waals surface area contributed by atoms with Crippen molar-refractivity contribution >= 4 is 40.8 Å². The fraction of sp³-hybridized carbons (Fsp3) is 0.294. The Labute approximate surface area is 262 Å². The van der Waals surface area contributed by atoms with Gasteiger partial charge >= 0.3 is 5.97 Å². The van der Waals surface area contributed by atoms with Crippen LogP contribution in [-0.4, -0.2) is 46.6 Å². The number of aromatic nitrogens is 2. The van der Waals surface area contributed by atoms with Crippen molar-refractivity contribution in [2.75, 3.05) is 23.0 Å². The summed E-state index contributed by atoms with van der Waals surface area (Å²) >= 11 is 6.11. The predicted octanol–water partition coefficient (Wildman–Crippen LogP) is 6.72. The van der Waals surface area contributed by atoms with Crippen molar-refractivity contribution in [3.05, 3.63) is 107 Å². The van der Waals surface area contributed by atoms with Gasteiger partial charge in [0.1, 0.15) is 5.75 Å². The number of carbonyl (C=O) groups is 3. The van der Waals surface area contributed by atoms with Crippen LogP contribution in [0.25, 0.3) is 0 Å². The van der Waals surface area contributed by atoms with E-state index in [9.17, 15) is 14.4 Å². The zero-order chi connectivity index (χ0) is 31.2. The molecule has 0 radical (unpaired) electrons. The van der Waals surface area contributed by atoms with Crippen molar-refractivity contribution in [3.63, 3.8) is 0 Å². The summed E-state index contributed by atoms with van der Waals surface area (Å²) in [6.45, 7) is 6.59. The monoisotopic (exact) mass is 614 g/mol. The maximum absolute atomic E-state index is 13.9. The molecule has 2 unspecified atom stereocenters. The fourth-order valence-corrected chi connectivity index (χ4v) is 5.78. The number of amides is 2. The molecule has 1 aliphatic heterocycles. The van der Waals surface area contributed by atoms with Crippen LogP contribution in [0.1, 0.15) is 66.2 Å². The van der Waals surface area contributed by atoms with E-state index in [1.165, 1.54) is 0 Å². The van der Waals surface area contributed by atoms with Gasteiger partial charge in [0.15, 0.2) is 0 Å². The second-order valence-corrected chi connectivity index (χ2v) is 11.0. The van der Waals surface area contributed by atoms with E-state index in [0.717, 1.165) is 16.9 Å². The lowest BCUT2D eigenvalue weighted by molar-refractivity contribution is -0.117. The zero-order valence-electron chi connectivity index (χ0n) is 25.0. The van der Waals surface area contributed by atoms with Crippen LogP contribution in [-0.2, 0) is 16.1 Å². The molecule has 3 aromatic carbocycles. The minimum absolute atomic E-state index is 0.0841. The summed E-state index contributed by atoms with van der Waals surface area (Å²) in [4.78, 5) is 46.5. The number of anilines is 2. The molecule has 0 saturated heterocycles. The van der Waals surface area contributed by atoms with Crippen molar-refractivity contribution in [3.8, 4) is 5.75 Å². The van der Waals surface area contributed by atoms with Gasteiger partial charge in [-0.25, -0.2) is 9.78 Å². The molecule has 10 heteroatoms. The van der Waals surface area contributed by atoms with Crippen LogP contribution >= 0.6 is 11.6 Å². The van der Waals surface area contributed by atoms with E-state index in [1.54, 1.807) is 72.1 Å². The number of para-hydroxylation sites is 1. The first-order valence-corrected chi connectivity index (χ1v) is 15.0. The topological polar surface area (TPSA) is 94.0 Å². The number of rotatable bonds is 10. The molecule has 0 aliphatic carbocycles. The van der Waals surface area contributed by atoms with Gasteiger partial charge in [0.05, 0.1) is 19.3 Å². The first-order valence-electron chi connectivity index (χ1n) is 14.7. The highest BCUT2D eigenvalue weighted by Gasteiger charge is 2.38. The van der Waals surface area contributed by atoms with Crippen molar-refractivity contribution in [1.82, 2.24) is 9.55 Å². The average Bonchev–Trinajstić information content (AvgIpc) is 3.49. The Balaban J connectivity index is 1.27. The molecule has 0 N–H and O–H groups in total. The van der Waals surface area contributed by atoms with Gasteiger partial charge in [0, 0.05) is 53.9 Å². The number of imidazole rings is 1. The van der Waals surface area contributed by atoms with E-state index in [0.29, 0.717) is 48.9 Å². The SMILES string of the molecule is CCOC(=O)c1nccn1CCCOc1ccc(C(=O)N2c3ccccc3C(N(C(C)=O)c3ccc(Cl)cc3)CC2C)cc1. The van der Waals surface area contributed by atoms with E-state index in [1.807, 2.05) is 48.2 Å². The number of ether oxygens (including phenoxy) is 2. The Morgan fingerprint density at radius 1 is 1.02 bits per heavy atom. The summed E-state index contributed by atoms with van der Waals surface area (Å²) < 4.78 is 12.7. The van der Waals surface area contributed by atoms with E-state index in [2.05, 4.69) is 4.98 Å². The van der Waals surface area contributed by atoms with E-state index in [-0.39, 0.29) is 29.7 Å². The Kier molecular flexibility index (Phi) is 9.65. The van der Waals surface area contributed by atoms with Crippen molar-refractivity contribution < 1.29 is 23.9 Å². The molecule has 0 fully saturated rings. The van der Waals surface area contributed by atoms with Gasteiger partial charge in [-0.3, -0.25) is 9.59 Å². The highest BCUT2D eigenvalue weighted by Crippen LogP contribution is 2.43. The van der Waals surface area contributed by atoms with Crippen LogP contribution in [0.4, 0.5) is 11.4 Å². The molecule has 0 saturated carbocycles. The molecule has 44 heavy (non-hydrogen) atoms. The molecule has 2 heterocycles. The molecule has 5 rings (SSSR count). The fourth-order valence-electron chi connectivity index (χ4n) is 5.65. The predicted molar refractivity (Wildman–Crippen MR) is 169 cm³/mol. The molecule has 1 aromatic heterocycles. The van der Waals surface area contributed by atoms with Gasteiger partial charge in [0.2, 0.25) is 11.7 Å². The Morgan fingerprint density at radius 3 is 2.45 bits per heavy atom. The van der Waals surface area contributed by atoms with Gasteiger partial charge in [-0.15, -0.1) is 0 Å². The third-order valence-corrected chi connectivity index (χ3v) is 7.87. The summed E-state index contributed by atoms with van der Waals surface area (Å²) in [5.41, 5.74) is 2.99. The average molecular weight is 615 g/mol. The second kappa shape index (κ2) is 13.8. The highest BCUT2D eigenvalue weighted by atomic mass is 35.5. The number of halogens is 1. The normalized spacial score (nSPS) is 15.8. The lowest BCUT2D eigenvalue weighted by Gasteiger charge is -2.43. The number of aryl methyl sites for hydroxylation is 1. The van der Waals surface area contributed by atoms with Gasteiger partial charge in [0.25, 0.3) is 5.91 Å². The number of carbonyl (C=O) groups excluding carboxylic acids is 3. The zero-order valence-corrected chi connectivity index (χ0v) is 25.7. The van der Waals surface area contributed by atoms with Crippen LogP contribution in [0.15, 0.2) is 85.2 Å². The third kappa shape index (κ3) is 6.63. The first-order chi connectivity index (χ1) is 21.3. The molecule has 1 aliphatic rings. The molecule has 228 valence electrons. The summed E-state index contributed by atoms with van der Waals surface area (Å²) in [7, 11) is 0. The first kappa shape index (κ1) is 30.8. The molecular weight excluding hydrogens is 580 g/mol. The Morgan fingerprint density at radius 2 is 1.75 bits per heavy atom. The number of benzene rings is 3. The van der Waals surface area contributed by atoms with Crippen LogP contribution < -0.4 is 14.5 Å². The molecule has 0 bridgehead atoms. The molecule has 9 nitrogen and oxygen atoms in total. The van der Waals surface area contributed by atoms with E-state index < -0.39 is 5.97 Å². The van der Waals surface area contributed by atoms with Crippen LogP contribution in [0.2, 0.25) is 5.02 Å². The number of hydrogen-bond donors (Lipinski definition) is 0.